The minimum atomic E-state index is -3.74. The van der Waals surface area contributed by atoms with E-state index < -0.39 is 16.0 Å². The van der Waals surface area contributed by atoms with Crippen molar-refractivity contribution in [3.8, 4) is 10.8 Å². The van der Waals surface area contributed by atoms with E-state index in [4.69, 9.17) is 9.15 Å². The molecule has 158 valence electrons. The van der Waals surface area contributed by atoms with E-state index in [1.165, 1.54) is 29.3 Å². The highest BCUT2D eigenvalue weighted by Gasteiger charge is 2.32. The van der Waals surface area contributed by atoms with E-state index in [-0.39, 0.29) is 28.3 Å². The molecule has 5 rings (SSSR count). The van der Waals surface area contributed by atoms with Gasteiger partial charge in [0.15, 0.2) is 6.61 Å². The Hall–Kier alpha value is -2.08. The number of fused-ring (bicyclic) bond motifs is 1. The van der Waals surface area contributed by atoms with Gasteiger partial charge in [0.25, 0.3) is 11.8 Å². The zero-order chi connectivity index (χ0) is 20.7. The van der Waals surface area contributed by atoms with Gasteiger partial charge < -0.3 is 9.15 Å². The van der Waals surface area contributed by atoms with Gasteiger partial charge >= 0.3 is 5.97 Å². The highest BCUT2D eigenvalue weighted by Crippen LogP contribution is 2.35. The van der Waals surface area contributed by atoms with Crippen molar-refractivity contribution >= 4 is 38.7 Å². The van der Waals surface area contributed by atoms with E-state index in [0.717, 1.165) is 41.9 Å². The molecule has 30 heavy (non-hydrogen) atoms. The van der Waals surface area contributed by atoms with Crippen LogP contribution in [0.3, 0.4) is 0 Å². The zero-order valence-electron chi connectivity index (χ0n) is 15.9. The summed E-state index contributed by atoms with van der Waals surface area (Å²) < 4.78 is 38.3. The average molecular weight is 466 g/mol. The summed E-state index contributed by atoms with van der Waals surface area (Å²) in [6, 6.07) is 3.46. The topological polar surface area (TPSA) is 111 Å². The number of esters is 1. The normalized spacial score (nSPS) is 16.4. The number of sulfonamides is 1. The maximum absolute atomic E-state index is 12.5. The lowest BCUT2D eigenvalue weighted by Crippen LogP contribution is -2.26. The van der Waals surface area contributed by atoms with Crippen molar-refractivity contribution in [1.29, 1.82) is 0 Å². The summed E-state index contributed by atoms with van der Waals surface area (Å²) in [4.78, 5) is 14.7. The Morgan fingerprint density at radius 2 is 2.10 bits per heavy atom. The fraction of sp³-hybridized carbons (Fsp3) is 0.421. The standard InChI is InChI=1S/C19H19N3O5S3/c23-19(17-15(7-8-28-17)30(24,25)22-12-5-6-12)26-10-16-20-21-18(27-16)14-9-11-3-1-2-4-13(11)29-14/h7-9,12,22H,1-6,10H2. The maximum Gasteiger partial charge on any atom is 0.350 e. The summed E-state index contributed by atoms with van der Waals surface area (Å²) in [5, 5.41) is 9.58. The Kier molecular flexibility index (Phi) is 5.21. The molecule has 0 unspecified atom stereocenters. The molecule has 1 N–H and O–H groups in total. The second-order valence-corrected chi connectivity index (χ2v) is 11.1. The van der Waals surface area contributed by atoms with Crippen LogP contribution in [-0.4, -0.2) is 30.6 Å². The number of hydrogen-bond donors (Lipinski definition) is 1. The summed E-state index contributed by atoms with van der Waals surface area (Å²) in [7, 11) is -3.74. The monoisotopic (exact) mass is 465 g/mol. The van der Waals surface area contributed by atoms with E-state index >= 15 is 0 Å². The van der Waals surface area contributed by atoms with Crippen LogP contribution in [-0.2, 0) is 34.2 Å². The second kappa shape index (κ2) is 7.88. The highest BCUT2D eigenvalue weighted by molar-refractivity contribution is 7.89. The van der Waals surface area contributed by atoms with Crippen molar-refractivity contribution in [2.24, 2.45) is 0 Å². The van der Waals surface area contributed by atoms with Crippen molar-refractivity contribution in [1.82, 2.24) is 14.9 Å². The van der Waals surface area contributed by atoms with Crippen molar-refractivity contribution in [2.75, 3.05) is 0 Å². The summed E-state index contributed by atoms with van der Waals surface area (Å²) in [6.07, 6.45) is 6.19. The van der Waals surface area contributed by atoms with Crippen LogP contribution in [0.15, 0.2) is 26.8 Å². The molecule has 0 amide bonds. The number of thiophene rings is 2. The van der Waals surface area contributed by atoms with Gasteiger partial charge in [-0.1, -0.05) is 0 Å². The van der Waals surface area contributed by atoms with E-state index in [9.17, 15) is 13.2 Å². The fourth-order valence-corrected chi connectivity index (χ4v) is 7.13. The minimum absolute atomic E-state index is 0.0359. The maximum atomic E-state index is 12.5. The molecule has 11 heteroatoms. The van der Waals surface area contributed by atoms with Crippen LogP contribution < -0.4 is 4.72 Å². The van der Waals surface area contributed by atoms with Gasteiger partial charge in [0.05, 0.1) is 4.88 Å². The first-order chi connectivity index (χ1) is 14.5. The van der Waals surface area contributed by atoms with Gasteiger partial charge in [-0.15, -0.1) is 32.9 Å². The minimum Gasteiger partial charge on any atom is -0.451 e. The highest BCUT2D eigenvalue weighted by atomic mass is 32.2. The zero-order valence-corrected chi connectivity index (χ0v) is 18.4. The third kappa shape index (κ3) is 4.07. The lowest BCUT2D eigenvalue weighted by Gasteiger charge is -2.08. The van der Waals surface area contributed by atoms with E-state index in [0.29, 0.717) is 5.89 Å². The summed E-state index contributed by atoms with van der Waals surface area (Å²) in [5.41, 5.74) is 1.35. The second-order valence-electron chi connectivity index (χ2n) is 7.35. The number of carbonyl (C=O) groups is 1. The van der Waals surface area contributed by atoms with Gasteiger partial charge in [-0.3, -0.25) is 0 Å². The van der Waals surface area contributed by atoms with Gasteiger partial charge in [0.1, 0.15) is 9.77 Å². The third-order valence-electron chi connectivity index (χ3n) is 5.00. The quantitative estimate of drug-likeness (QED) is 0.531. The van der Waals surface area contributed by atoms with Crippen LogP contribution in [0.2, 0.25) is 0 Å². The summed E-state index contributed by atoms with van der Waals surface area (Å²) in [5.74, 6) is -0.150. The smallest absolute Gasteiger partial charge is 0.350 e. The van der Waals surface area contributed by atoms with Crippen LogP contribution >= 0.6 is 22.7 Å². The molecule has 0 saturated heterocycles. The molecule has 0 aliphatic heterocycles. The first kappa shape index (κ1) is 19.9. The van der Waals surface area contributed by atoms with E-state index in [1.807, 2.05) is 0 Å². The number of carbonyl (C=O) groups excluding carboxylic acids is 1. The third-order valence-corrected chi connectivity index (χ3v) is 8.82. The Morgan fingerprint density at radius 1 is 1.27 bits per heavy atom. The molecule has 3 aromatic heterocycles. The predicted molar refractivity (Wildman–Crippen MR) is 111 cm³/mol. The number of aromatic nitrogens is 2. The molecule has 0 spiro atoms. The van der Waals surface area contributed by atoms with Crippen molar-refractivity contribution in [3.05, 3.63) is 38.7 Å². The number of hydrogen-bond acceptors (Lipinski definition) is 9. The molecule has 2 aliphatic carbocycles. The molecule has 2 aliphatic rings. The Bertz CT molecular complexity index is 1170. The number of rotatable bonds is 7. The molecule has 8 nitrogen and oxygen atoms in total. The van der Waals surface area contributed by atoms with Crippen molar-refractivity contribution in [3.63, 3.8) is 0 Å². The van der Waals surface area contributed by atoms with E-state index in [1.54, 1.807) is 16.7 Å². The van der Waals surface area contributed by atoms with Crippen LogP contribution in [0.4, 0.5) is 0 Å². The Morgan fingerprint density at radius 3 is 2.90 bits per heavy atom. The first-order valence-corrected chi connectivity index (χ1v) is 12.9. The van der Waals surface area contributed by atoms with Crippen molar-refractivity contribution in [2.45, 2.75) is 56.1 Å². The summed E-state index contributed by atoms with van der Waals surface area (Å²) >= 11 is 2.69. The van der Waals surface area contributed by atoms with Gasteiger partial charge in [-0.25, -0.2) is 17.9 Å². The van der Waals surface area contributed by atoms with Crippen LogP contribution in [0.1, 0.15) is 51.7 Å². The van der Waals surface area contributed by atoms with Crippen LogP contribution in [0.25, 0.3) is 10.8 Å². The number of nitrogens with zero attached hydrogens (tertiary/aromatic N) is 2. The summed E-state index contributed by atoms with van der Waals surface area (Å²) in [6.45, 7) is -0.218. The lowest BCUT2D eigenvalue weighted by atomic mass is 9.99. The molecule has 3 heterocycles. The lowest BCUT2D eigenvalue weighted by molar-refractivity contribution is 0.0440. The first-order valence-electron chi connectivity index (χ1n) is 9.71. The fourth-order valence-electron chi connectivity index (χ4n) is 3.34. The molecule has 0 bridgehead atoms. The van der Waals surface area contributed by atoms with Gasteiger partial charge in [-0.2, -0.15) is 0 Å². The number of ether oxygens (including phenoxy) is 1. The van der Waals surface area contributed by atoms with Crippen molar-refractivity contribution < 1.29 is 22.4 Å². The molecule has 3 aromatic rings. The Labute approximate surface area is 181 Å². The van der Waals surface area contributed by atoms with Gasteiger partial charge in [0, 0.05) is 10.9 Å². The molecule has 1 fully saturated rings. The number of nitrogens with one attached hydrogen (secondary N) is 1. The number of aryl methyl sites for hydroxylation is 2. The largest absolute Gasteiger partial charge is 0.451 e. The van der Waals surface area contributed by atoms with Crippen LogP contribution in [0, 0.1) is 0 Å². The predicted octanol–water partition coefficient (Wildman–Crippen LogP) is 3.54. The molecular formula is C19H19N3O5S3. The van der Waals surface area contributed by atoms with Crippen LogP contribution in [0.5, 0.6) is 0 Å². The SMILES string of the molecule is O=C(OCc1nnc(-c2cc3c(s2)CCCC3)o1)c1sccc1S(=O)(=O)NC1CC1. The van der Waals surface area contributed by atoms with E-state index in [2.05, 4.69) is 21.0 Å². The molecule has 0 radical (unpaired) electrons. The Balaban J connectivity index is 1.26. The average Bonchev–Trinajstić information content (AvgIpc) is 3.18. The molecule has 0 atom stereocenters. The molecule has 0 aromatic carbocycles. The van der Waals surface area contributed by atoms with Gasteiger partial charge in [0.2, 0.25) is 10.0 Å². The molecule has 1 saturated carbocycles. The molecular weight excluding hydrogens is 446 g/mol. The van der Waals surface area contributed by atoms with Gasteiger partial charge in [-0.05, 0) is 61.6 Å².